The number of nitrogens with zero attached hydrogens (tertiary/aromatic N) is 5. The number of nitrogens with one attached hydrogen (secondary N) is 1. The Hall–Kier alpha value is -1.97. The zero-order chi connectivity index (χ0) is 17.6. The van der Waals surface area contributed by atoms with E-state index in [0.717, 1.165) is 32.8 Å². The van der Waals surface area contributed by atoms with Gasteiger partial charge in [0.05, 0.1) is 26.1 Å². The number of esters is 1. The molecule has 3 rings (SSSR count). The summed E-state index contributed by atoms with van der Waals surface area (Å²) in [5.41, 5.74) is 1.08. The molecular weight excluding hydrogens is 348 g/mol. The third-order valence-corrected chi connectivity index (χ3v) is 4.03. The van der Waals surface area contributed by atoms with Crippen LogP contribution in [0.3, 0.4) is 0 Å². The van der Waals surface area contributed by atoms with Crippen LogP contribution in [0.2, 0.25) is 5.28 Å². The van der Waals surface area contributed by atoms with Gasteiger partial charge in [-0.1, -0.05) is 0 Å². The summed E-state index contributed by atoms with van der Waals surface area (Å²) in [6.45, 7) is 7.08. The molecule has 0 spiro atoms. The van der Waals surface area contributed by atoms with Gasteiger partial charge >= 0.3 is 5.97 Å². The Balaban J connectivity index is 1.69. The Morgan fingerprint density at radius 1 is 1.40 bits per heavy atom. The summed E-state index contributed by atoms with van der Waals surface area (Å²) >= 11 is 6.03. The van der Waals surface area contributed by atoms with Crippen molar-refractivity contribution >= 4 is 34.6 Å². The number of hydrogen-bond donors (Lipinski definition) is 1. The van der Waals surface area contributed by atoms with Gasteiger partial charge in [0.1, 0.15) is 6.54 Å². The topological polar surface area (TPSA) is 94.4 Å². The lowest BCUT2D eigenvalue weighted by atomic mass is 10.4. The summed E-state index contributed by atoms with van der Waals surface area (Å²) in [4.78, 5) is 26.7. The summed E-state index contributed by atoms with van der Waals surface area (Å²) < 4.78 is 11.9. The van der Waals surface area contributed by atoms with Gasteiger partial charge in [0.15, 0.2) is 17.0 Å². The monoisotopic (exact) mass is 368 g/mol. The van der Waals surface area contributed by atoms with Crippen molar-refractivity contribution < 1.29 is 14.3 Å². The molecule has 1 saturated heterocycles. The van der Waals surface area contributed by atoms with Crippen LogP contribution in [-0.4, -0.2) is 76.4 Å². The molecule has 0 bridgehead atoms. The highest BCUT2D eigenvalue weighted by Gasteiger charge is 2.15. The number of hydrogen-bond acceptors (Lipinski definition) is 8. The Bertz CT molecular complexity index is 731. The van der Waals surface area contributed by atoms with Gasteiger partial charge in [-0.05, 0) is 18.5 Å². The van der Waals surface area contributed by atoms with Crippen molar-refractivity contribution in [3.8, 4) is 0 Å². The molecule has 0 saturated carbocycles. The average molecular weight is 369 g/mol. The Morgan fingerprint density at radius 3 is 2.96 bits per heavy atom. The van der Waals surface area contributed by atoms with Gasteiger partial charge in [0.25, 0.3) is 0 Å². The van der Waals surface area contributed by atoms with Crippen molar-refractivity contribution in [2.45, 2.75) is 13.5 Å². The first-order chi connectivity index (χ1) is 12.2. The number of halogens is 1. The summed E-state index contributed by atoms with van der Waals surface area (Å²) in [5, 5.41) is 3.36. The van der Waals surface area contributed by atoms with Crippen LogP contribution in [0.1, 0.15) is 6.92 Å². The number of fused-ring (bicyclic) bond motifs is 1. The highest BCUT2D eigenvalue weighted by molar-refractivity contribution is 6.28. The van der Waals surface area contributed by atoms with Crippen molar-refractivity contribution in [1.82, 2.24) is 24.4 Å². The van der Waals surface area contributed by atoms with Crippen molar-refractivity contribution in [2.75, 3.05) is 51.3 Å². The van der Waals surface area contributed by atoms with E-state index in [2.05, 4.69) is 25.2 Å². The summed E-state index contributed by atoms with van der Waals surface area (Å²) in [5.74, 6) is 0.212. The van der Waals surface area contributed by atoms with Crippen LogP contribution in [0.25, 0.3) is 11.2 Å². The summed E-state index contributed by atoms with van der Waals surface area (Å²) in [6, 6.07) is 0. The van der Waals surface area contributed by atoms with E-state index in [-0.39, 0.29) is 17.8 Å². The smallest absolute Gasteiger partial charge is 0.326 e. The molecule has 3 heterocycles. The van der Waals surface area contributed by atoms with E-state index in [0.29, 0.717) is 30.1 Å². The maximum Gasteiger partial charge on any atom is 0.326 e. The zero-order valence-electron chi connectivity index (χ0n) is 14.1. The van der Waals surface area contributed by atoms with Gasteiger partial charge in [-0.25, -0.2) is 4.98 Å². The molecule has 1 fully saturated rings. The number of imidazole rings is 1. The highest BCUT2D eigenvalue weighted by Crippen LogP contribution is 2.20. The number of ether oxygens (including phenoxy) is 2. The molecule has 0 aliphatic carbocycles. The van der Waals surface area contributed by atoms with Crippen LogP contribution in [0.5, 0.6) is 0 Å². The molecule has 1 aliphatic heterocycles. The number of anilines is 1. The molecule has 0 aromatic carbocycles. The largest absolute Gasteiger partial charge is 0.465 e. The summed E-state index contributed by atoms with van der Waals surface area (Å²) in [7, 11) is 0. The maximum atomic E-state index is 11.7. The lowest BCUT2D eigenvalue weighted by Crippen LogP contribution is -2.39. The molecule has 136 valence electrons. The third-order valence-electron chi connectivity index (χ3n) is 3.87. The number of carbonyl (C=O) groups is 1. The second-order valence-electron chi connectivity index (χ2n) is 5.57. The molecule has 0 radical (unpaired) electrons. The second-order valence-corrected chi connectivity index (χ2v) is 5.91. The third kappa shape index (κ3) is 4.56. The van der Waals surface area contributed by atoms with Crippen LogP contribution in [0, 0.1) is 0 Å². The molecule has 2 aromatic rings. The minimum Gasteiger partial charge on any atom is -0.465 e. The first-order valence-corrected chi connectivity index (χ1v) is 8.63. The number of morpholine rings is 1. The van der Waals surface area contributed by atoms with E-state index < -0.39 is 0 Å². The first-order valence-electron chi connectivity index (χ1n) is 8.25. The van der Waals surface area contributed by atoms with Gasteiger partial charge < -0.3 is 19.4 Å². The Labute approximate surface area is 150 Å². The van der Waals surface area contributed by atoms with Crippen molar-refractivity contribution in [3.05, 3.63) is 11.6 Å². The quantitative estimate of drug-likeness (QED) is 0.566. The second kappa shape index (κ2) is 8.41. The van der Waals surface area contributed by atoms with Crippen LogP contribution in [0.4, 0.5) is 5.82 Å². The van der Waals surface area contributed by atoms with Crippen LogP contribution in [0.15, 0.2) is 6.33 Å². The SMILES string of the molecule is CCOC(=O)Cn1cnc2c(NCCN3CCOCC3)nc(Cl)nc21. The van der Waals surface area contributed by atoms with E-state index in [1.807, 2.05) is 0 Å². The van der Waals surface area contributed by atoms with Gasteiger partial charge in [0.2, 0.25) is 5.28 Å². The zero-order valence-corrected chi connectivity index (χ0v) is 14.8. The minimum atomic E-state index is -0.349. The van der Waals surface area contributed by atoms with Crippen molar-refractivity contribution in [1.29, 1.82) is 0 Å². The summed E-state index contributed by atoms with van der Waals surface area (Å²) in [6.07, 6.45) is 1.54. The lowest BCUT2D eigenvalue weighted by molar-refractivity contribution is -0.143. The molecule has 1 N–H and O–H groups in total. The fourth-order valence-electron chi connectivity index (χ4n) is 2.66. The number of rotatable bonds is 7. The fraction of sp³-hybridized carbons (Fsp3) is 0.600. The normalized spacial score (nSPS) is 15.4. The molecule has 0 atom stereocenters. The van der Waals surface area contributed by atoms with Crippen LogP contribution < -0.4 is 5.32 Å². The van der Waals surface area contributed by atoms with Crippen molar-refractivity contribution in [3.63, 3.8) is 0 Å². The standard InChI is InChI=1S/C15H21ClN6O3/c1-2-25-11(23)9-22-10-18-12-13(19-15(16)20-14(12)22)17-3-4-21-5-7-24-8-6-21/h10H,2-9H2,1H3,(H,17,19,20). The molecule has 9 nitrogen and oxygen atoms in total. The van der Waals surface area contributed by atoms with Crippen LogP contribution in [-0.2, 0) is 20.8 Å². The predicted molar refractivity (Wildman–Crippen MR) is 92.7 cm³/mol. The van der Waals surface area contributed by atoms with Crippen molar-refractivity contribution in [2.24, 2.45) is 0 Å². The molecular formula is C15H21ClN6O3. The van der Waals surface area contributed by atoms with Gasteiger partial charge in [-0.15, -0.1) is 0 Å². The molecule has 25 heavy (non-hydrogen) atoms. The Morgan fingerprint density at radius 2 is 2.20 bits per heavy atom. The van der Waals surface area contributed by atoms with Gasteiger partial charge in [-0.3, -0.25) is 9.69 Å². The molecule has 1 aliphatic rings. The van der Waals surface area contributed by atoms with E-state index in [4.69, 9.17) is 21.1 Å². The molecule has 10 heteroatoms. The number of aromatic nitrogens is 4. The molecule has 2 aromatic heterocycles. The first kappa shape index (κ1) is 17.8. The number of carbonyl (C=O) groups excluding carboxylic acids is 1. The molecule has 0 amide bonds. The van der Waals surface area contributed by atoms with Gasteiger partial charge in [-0.2, -0.15) is 9.97 Å². The predicted octanol–water partition coefficient (Wildman–Crippen LogP) is 0.787. The minimum absolute atomic E-state index is 0.0326. The average Bonchev–Trinajstić information content (AvgIpc) is 2.99. The van der Waals surface area contributed by atoms with E-state index in [9.17, 15) is 4.79 Å². The lowest BCUT2D eigenvalue weighted by Gasteiger charge is -2.26. The molecule has 0 unspecified atom stereocenters. The van der Waals surface area contributed by atoms with Crippen LogP contribution >= 0.6 is 11.6 Å². The Kier molecular flexibility index (Phi) is 6.00. The van der Waals surface area contributed by atoms with E-state index in [1.54, 1.807) is 17.8 Å². The van der Waals surface area contributed by atoms with Gasteiger partial charge in [0, 0.05) is 26.2 Å². The maximum absolute atomic E-state index is 11.7. The fourth-order valence-corrected chi connectivity index (χ4v) is 2.82. The van der Waals surface area contributed by atoms with E-state index in [1.165, 1.54) is 0 Å². The van der Waals surface area contributed by atoms with E-state index >= 15 is 0 Å². The highest BCUT2D eigenvalue weighted by atomic mass is 35.5.